The van der Waals surface area contributed by atoms with Crippen LogP contribution >= 0.6 is 0 Å². The second-order valence-electron chi connectivity index (χ2n) is 8.76. The highest BCUT2D eigenvalue weighted by atomic mass is 16.2. The third-order valence-electron chi connectivity index (χ3n) is 6.18. The van der Waals surface area contributed by atoms with Gasteiger partial charge in [0.05, 0.1) is 16.9 Å². The molecule has 37 heavy (non-hydrogen) atoms. The predicted octanol–water partition coefficient (Wildman–Crippen LogP) is 5.44. The summed E-state index contributed by atoms with van der Waals surface area (Å²) in [6.07, 6.45) is 7.17. The summed E-state index contributed by atoms with van der Waals surface area (Å²) in [7, 11) is 0. The van der Waals surface area contributed by atoms with E-state index in [-0.39, 0.29) is 11.7 Å². The van der Waals surface area contributed by atoms with Crippen molar-refractivity contribution in [2.75, 3.05) is 5.32 Å². The van der Waals surface area contributed by atoms with Gasteiger partial charge in [-0.2, -0.15) is 5.10 Å². The topological polar surface area (TPSA) is 106 Å². The smallest absolute Gasteiger partial charge is 0.291 e. The third-order valence-corrected chi connectivity index (χ3v) is 6.18. The van der Waals surface area contributed by atoms with Gasteiger partial charge in [0.1, 0.15) is 0 Å². The van der Waals surface area contributed by atoms with E-state index in [4.69, 9.17) is 0 Å². The number of H-pyrrole nitrogens is 1. The number of aromatic amines is 1. The fraction of sp³-hybridized carbons (Fsp3) is 0.138. The van der Waals surface area contributed by atoms with E-state index >= 15 is 0 Å². The van der Waals surface area contributed by atoms with Crippen LogP contribution in [0.15, 0.2) is 67.0 Å². The van der Waals surface area contributed by atoms with Crippen LogP contribution in [0.3, 0.4) is 0 Å². The van der Waals surface area contributed by atoms with Gasteiger partial charge >= 0.3 is 0 Å². The van der Waals surface area contributed by atoms with Crippen molar-refractivity contribution in [2.45, 2.75) is 27.3 Å². The summed E-state index contributed by atoms with van der Waals surface area (Å²) in [5.74, 6) is -0.144. The van der Waals surface area contributed by atoms with Gasteiger partial charge in [0, 0.05) is 46.8 Å². The van der Waals surface area contributed by atoms with Crippen LogP contribution in [0, 0.1) is 13.8 Å². The van der Waals surface area contributed by atoms with Crippen LogP contribution in [0.25, 0.3) is 23.1 Å². The molecule has 5 aromatic rings. The Bertz CT molecular complexity index is 1660. The van der Waals surface area contributed by atoms with Gasteiger partial charge in [-0.3, -0.25) is 19.7 Å². The minimum Gasteiger partial charge on any atom is -0.327 e. The highest BCUT2D eigenvalue weighted by Gasteiger charge is 2.16. The fourth-order valence-electron chi connectivity index (χ4n) is 4.15. The van der Waals surface area contributed by atoms with Gasteiger partial charge in [0.2, 0.25) is 0 Å². The molecule has 0 spiro atoms. The number of hydrogen-bond donors (Lipinski definition) is 2. The summed E-state index contributed by atoms with van der Waals surface area (Å²) in [5.41, 5.74) is 5.74. The lowest BCUT2D eigenvalue weighted by Gasteiger charge is -2.11. The number of imidazole rings is 1. The Morgan fingerprint density at radius 1 is 1.03 bits per heavy atom. The molecule has 0 aliphatic rings. The second kappa shape index (κ2) is 10.0. The van der Waals surface area contributed by atoms with E-state index in [2.05, 4.69) is 25.5 Å². The zero-order valence-electron chi connectivity index (χ0n) is 20.8. The minimum absolute atomic E-state index is 0.150. The molecule has 2 aromatic carbocycles. The van der Waals surface area contributed by atoms with Crippen LogP contribution in [-0.4, -0.2) is 36.4 Å². The van der Waals surface area contributed by atoms with Crippen molar-refractivity contribution in [3.8, 4) is 0 Å². The molecule has 8 nitrogen and oxygen atoms in total. The second-order valence-corrected chi connectivity index (χ2v) is 8.76. The average Bonchev–Trinajstić information content (AvgIpc) is 3.55. The first kappa shape index (κ1) is 23.9. The van der Waals surface area contributed by atoms with Crippen molar-refractivity contribution in [1.82, 2.24) is 24.7 Å². The molecule has 0 unspecified atom stereocenters. The van der Waals surface area contributed by atoms with Crippen LogP contribution in [-0.2, 0) is 6.54 Å². The number of carbonyl (C=O) groups is 2. The highest BCUT2D eigenvalue weighted by Crippen LogP contribution is 2.24. The molecule has 8 heteroatoms. The Kier molecular flexibility index (Phi) is 6.47. The molecule has 5 rings (SSSR count). The number of hydrogen-bond acceptors (Lipinski definition) is 5. The number of pyridine rings is 1. The molecule has 2 N–H and O–H groups in total. The number of rotatable bonds is 7. The monoisotopic (exact) mass is 490 g/mol. The number of nitrogens with one attached hydrogen (secondary N) is 2. The number of amides is 1. The Labute approximate surface area is 214 Å². The third kappa shape index (κ3) is 4.95. The van der Waals surface area contributed by atoms with Gasteiger partial charge in [-0.05, 0) is 68.8 Å². The molecule has 184 valence electrons. The van der Waals surface area contributed by atoms with Gasteiger partial charge in [0.25, 0.3) is 5.91 Å². The maximum absolute atomic E-state index is 13.3. The van der Waals surface area contributed by atoms with Crippen LogP contribution < -0.4 is 5.32 Å². The first-order valence-corrected chi connectivity index (χ1v) is 12.0. The maximum atomic E-state index is 13.3. The van der Waals surface area contributed by atoms with Crippen LogP contribution in [0.4, 0.5) is 5.69 Å². The van der Waals surface area contributed by atoms with Gasteiger partial charge < -0.3 is 9.88 Å². The van der Waals surface area contributed by atoms with Crippen molar-refractivity contribution in [1.29, 1.82) is 0 Å². The SMILES string of the molecule is CCn1ccnc1C(=O)Nc1cc(C(=O)c2ccc3c(C=Cc4cccc(C)n4)n[nH]c3c2)ccc1C. The Hall–Kier alpha value is -4.85. The van der Waals surface area contributed by atoms with E-state index in [0.29, 0.717) is 29.2 Å². The summed E-state index contributed by atoms with van der Waals surface area (Å²) < 4.78 is 1.76. The molecule has 0 fully saturated rings. The van der Waals surface area contributed by atoms with Crippen LogP contribution in [0.1, 0.15) is 56.1 Å². The quantitative estimate of drug-likeness (QED) is 0.295. The molecular formula is C29H26N6O2. The number of carbonyl (C=O) groups excluding carboxylic acids is 2. The first-order valence-electron chi connectivity index (χ1n) is 12.0. The van der Waals surface area contributed by atoms with E-state index in [9.17, 15) is 9.59 Å². The van der Waals surface area contributed by atoms with Gasteiger partial charge in [-0.15, -0.1) is 0 Å². The summed E-state index contributed by atoms with van der Waals surface area (Å²) in [4.78, 5) is 34.7. The average molecular weight is 491 g/mol. The highest BCUT2D eigenvalue weighted by molar-refractivity contribution is 6.12. The van der Waals surface area contributed by atoms with E-state index in [1.54, 1.807) is 41.2 Å². The minimum atomic E-state index is -0.320. The zero-order valence-corrected chi connectivity index (χ0v) is 20.8. The molecule has 3 heterocycles. The molecule has 0 atom stereocenters. The predicted molar refractivity (Wildman–Crippen MR) is 144 cm³/mol. The molecule has 3 aromatic heterocycles. The van der Waals surface area contributed by atoms with E-state index in [1.807, 2.05) is 63.3 Å². The summed E-state index contributed by atoms with van der Waals surface area (Å²) in [6.45, 7) is 6.41. The van der Waals surface area contributed by atoms with Gasteiger partial charge in [-0.1, -0.05) is 24.3 Å². The number of aromatic nitrogens is 5. The van der Waals surface area contributed by atoms with Crippen LogP contribution in [0.2, 0.25) is 0 Å². The van der Waals surface area contributed by atoms with Crippen molar-refractivity contribution >= 4 is 40.4 Å². The molecule has 0 bridgehead atoms. The molecular weight excluding hydrogens is 464 g/mol. The number of anilines is 1. The van der Waals surface area contributed by atoms with Crippen molar-refractivity contribution < 1.29 is 9.59 Å². The molecule has 0 aliphatic carbocycles. The summed E-state index contributed by atoms with van der Waals surface area (Å²) >= 11 is 0. The standard InChI is InChI=1S/C29H26N6O2/c1-4-35-15-14-30-28(35)29(37)32-25-16-20(9-8-18(25)2)27(36)21-10-12-23-24(33-34-26(23)17-21)13-11-22-7-5-6-19(3)31-22/h5-17H,4H2,1-3H3,(H,32,37)(H,33,34). The molecule has 0 radical (unpaired) electrons. The molecule has 0 aliphatic heterocycles. The normalized spacial score (nSPS) is 11.3. The lowest BCUT2D eigenvalue weighted by Crippen LogP contribution is -2.18. The number of nitrogens with zero attached hydrogens (tertiary/aromatic N) is 4. The Balaban J connectivity index is 1.38. The number of aryl methyl sites for hydroxylation is 3. The maximum Gasteiger partial charge on any atom is 0.291 e. The zero-order chi connectivity index (χ0) is 25.9. The lowest BCUT2D eigenvalue weighted by molar-refractivity contribution is 0.101. The van der Waals surface area contributed by atoms with Gasteiger partial charge in [-0.25, -0.2) is 4.98 Å². The van der Waals surface area contributed by atoms with Crippen molar-refractivity contribution in [3.63, 3.8) is 0 Å². The summed E-state index contributed by atoms with van der Waals surface area (Å²) in [5, 5.41) is 11.2. The molecule has 0 saturated heterocycles. The lowest BCUT2D eigenvalue weighted by atomic mass is 9.99. The number of benzene rings is 2. The van der Waals surface area contributed by atoms with Crippen LogP contribution in [0.5, 0.6) is 0 Å². The Morgan fingerprint density at radius 3 is 2.65 bits per heavy atom. The fourth-order valence-corrected chi connectivity index (χ4v) is 4.15. The van der Waals surface area contributed by atoms with E-state index in [1.165, 1.54) is 0 Å². The number of ketones is 1. The summed E-state index contributed by atoms with van der Waals surface area (Å²) in [6, 6.07) is 16.6. The largest absolute Gasteiger partial charge is 0.327 e. The van der Waals surface area contributed by atoms with Crippen molar-refractivity contribution in [3.05, 3.63) is 107 Å². The van der Waals surface area contributed by atoms with Crippen molar-refractivity contribution in [2.24, 2.45) is 0 Å². The first-order chi connectivity index (χ1) is 17.9. The molecule has 0 saturated carbocycles. The number of fused-ring (bicyclic) bond motifs is 1. The Morgan fingerprint density at radius 2 is 1.84 bits per heavy atom. The van der Waals surface area contributed by atoms with E-state index < -0.39 is 0 Å². The van der Waals surface area contributed by atoms with Gasteiger partial charge in [0.15, 0.2) is 11.6 Å². The van der Waals surface area contributed by atoms with E-state index in [0.717, 1.165) is 33.5 Å². The molecule has 1 amide bonds.